The Morgan fingerprint density at radius 3 is 2.79 bits per heavy atom. The first-order chi connectivity index (χ1) is 11.6. The highest BCUT2D eigenvalue weighted by atomic mass is 16.5. The maximum Gasteiger partial charge on any atom is 0.319 e. The number of carbonyl (C=O) groups excluding carboxylic acids is 2. The summed E-state index contributed by atoms with van der Waals surface area (Å²) in [5.41, 5.74) is 1.80. The summed E-state index contributed by atoms with van der Waals surface area (Å²) in [6.45, 7) is 4.44. The van der Waals surface area contributed by atoms with E-state index in [9.17, 15) is 9.59 Å². The van der Waals surface area contributed by atoms with Crippen LogP contribution in [0.25, 0.3) is 0 Å². The number of rotatable bonds is 5. The van der Waals surface area contributed by atoms with Crippen molar-refractivity contribution < 1.29 is 19.1 Å². The van der Waals surface area contributed by atoms with Gasteiger partial charge in [-0.2, -0.15) is 0 Å². The average molecular weight is 329 g/mol. The highest BCUT2D eigenvalue weighted by Gasteiger charge is 2.41. The number of nitrogens with zero attached hydrogens (tertiary/aromatic N) is 1. The Kier molecular flexibility index (Phi) is 4.16. The van der Waals surface area contributed by atoms with E-state index in [1.165, 1.54) is 7.11 Å². The fourth-order valence-corrected chi connectivity index (χ4v) is 3.10. The first-order valence-electron chi connectivity index (χ1n) is 7.52. The number of urea groups is 1. The molecule has 126 valence electrons. The van der Waals surface area contributed by atoms with Crippen LogP contribution in [0.4, 0.5) is 4.79 Å². The van der Waals surface area contributed by atoms with Gasteiger partial charge in [0.05, 0.1) is 38.1 Å². The zero-order chi connectivity index (χ0) is 17.3. The number of hydrogen-bond donors (Lipinski definition) is 2. The van der Waals surface area contributed by atoms with Gasteiger partial charge in [0.1, 0.15) is 0 Å². The van der Waals surface area contributed by atoms with Crippen molar-refractivity contribution in [3.05, 3.63) is 47.7 Å². The number of ether oxygens (including phenoxy) is 2. The average Bonchev–Trinajstić information content (AvgIpc) is 2.89. The quantitative estimate of drug-likeness (QED) is 0.799. The van der Waals surface area contributed by atoms with Crippen molar-refractivity contribution >= 4 is 11.9 Å². The number of benzene rings is 1. The number of nitrogens with one attached hydrogen (secondary N) is 2. The van der Waals surface area contributed by atoms with Gasteiger partial charge in [0.25, 0.3) is 5.91 Å². The molecule has 1 aromatic rings. The Morgan fingerprint density at radius 2 is 2.12 bits per heavy atom. The summed E-state index contributed by atoms with van der Waals surface area (Å²) in [4.78, 5) is 26.4. The third-order valence-corrected chi connectivity index (χ3v) is 4.11. The standard InChI is InChI=1S/C17H19N3O4/c1-4-8-20-9-11-13(16(20)21)14(19-17(22)18-11)10-6-5-7-12(23-2)15(10)24-3/h4-7,14H,1,8-9H2,2-3H3,(H2,18,19,22)/t14-/m0/s1. The Morgan fingerprint density at radius 1 is 1.33 bits per heavy atom. The molecule has 0 fully saturated rings. The van der Waals surface area contributed by atoms with Crippen LogP contribution < -0.4 is 20.1 Å². The van der Waals surface area contributed by atoms with E-state index in [4.69, 9.17) is 9.47 Å². The largest absolute Gasteiger partial charge is 0.493 e. The molecule has 3 rings (SSSR count). The van der Waals surface area contributed by atoms with Crippen molar-refractivity contribution in [2.24, 2.45) is 0 Å². The van der Waals surface area contributed by atoms with E-state index in [1.54, 1.807) is 30.2 Å². The topological polar surface area (TPSA) is 79.9 Å². The summed E-state index contributed by atoms with van der Waals surface area (Å²) in [5, 5.41) is 5.53. The van der Waals surface area contributed by atoms with Gasteiger partial charge in [-0.25, -0.2) is 4.79 Å². The minimum absolute atomic E-state index is 0.132. The van der Waals surface area contributed by atoms with Crippen molar-refractivity contribution in [2.45, 2.75) is 6.04 Å². The van der Waals surface area contributed by atoms with E-state index in [0.29, 0.717) is 41.4 Å². The minimum atomic E-state index is -0.596. The fraction of sp³-hybridized carbons (Fsp3) is 0.294. The van der Waals surface area contributed by atoms with Gasteiger partial charge in [0.15, 0.2) is 11.5 Å². The molecule has 2 N–H and O–H groups in total. The molecule has 2 aliphatic rings. The van der Waals surface area contributed by atoms with Gasteiger partial charge in [-0.1, -0.05) is 18.2 Å². The lowest BCUT2D eigenvalue weighted by atomic mass is 9.95. The summed E-state index contributed by atoms with van der Waals surface area (Å²) < 4.78 is 10.8. The molecule has 0 unspecified atom stereocenters. The summed E-state index contributed by atoms with van der Waals surface area (Å²) in [6.07, 6.45) is 1.66. The van der Waals surface area contributed by atoms with Crippen LogP contribution in [-0.2, 0) is 4.79 Å². The number of methoxy groups -OCH3 is 2. The first-order valence-corrected chi connectivity index (χ1v) is 7.52. The predicted octanol–water partition coefficient (Wildman–Crippen LogP) is 1.34. The van der Waals surface area contributed by atoms with Crippen LogP contribution >= 0.6 is 0 Å². The molecule has 0 saturated heterocycles. The van der Waals surface area contributed by atoms with Crippen LogP contribution in [0.2, 0.25) is 0 Å². The van der Waals surface area contributed by atoms with E-state index in [2.05, 4.69) is 17.2 Å². The summed E-state index contributed by atoms with van der Waals surface area (Å²) in [7, 11) is 3.07. The highest BCUT2D eigenvalue weighted by molar-refractivity contribution is 6.01. The van der Waals surface area contributed by atoms with E-state index in [1.807, 2.05) is 6.07 Å². The van der Waals surface area contributed by atoms with Crippen molar-refractivity contribution in [1.82, 2.24) is 15.5 Å². The number of hydrogen-bond acceptors (Lipinski definition) is 4. The Balaban J connectivity index is 2.07. The maximum atomic E-state index is 12.7. The monoisotopic (exact) mass is 329 g/mol. The normalized spacial score (nSPS) is 19.6. The second-order valence-electron chi connectivity index (χ2n) is 5.48. The van der Waals surface area contributed by atoms with Crippen LogP contribution in [0.5, 0.6) is 11.5 Å². The van der Waals surface area contributed by atoms with Gasteiger partial charge in [-0.05, 0) is 6.07 Å². The van der Waals surface area contributed by atoms with E-state index in [-0.39, 0.29) is 11.9 Å². The molecule has 0 bridgehead atoms. The van der Waals surface area contributed by atoms with Crippen molar-refractivity contribution in [3.8, 4) is 11.5 Å². The third kappa shape index (κ3) is 2.47. The van der Waals surface area contributed by atoms with Crippen LogP contribution in [0.15, 0.2) is 42.1 Å². The molecule has 0 aliphatic carbocycles. The predicted molar refractivity (Wildman–Crippen MR) is 87.8 cm³/mol. The van der Waals surface area contributed by atoms with Gasteiger partial charge in [-0.3, -0.25) is 4.79 Å². The van der Waals surface area contributed by atoms with Gasteiger partial charge >= 0.3 is 6.03 Å². The summed E-state index contributed by atoms with van der Waals surface area (Å²) in [6, 6.07) is 4.43. The van der Waals surface area contributed by atoms with Gasteiger partial charge < -0.3 is 25.0 Å². The molecular weight excluding hydrogens is 310 g/mol. The van der Waals surface area contributed by atoms with Crippen LogP contribution in [0, 0.1) is 0 Å². The molecule has 1 atom stereocenters. The number of amides is 3. The van der Waals surface area contributed by atoms with E-state index < -0.39 is 6.04 Å². The Bertz CT molecular complexity index is 741. The Hall–Kier alpha value is -2.96. The second kappa shape index (κ2) is 6.27. The van der Waals surface area contributed by atoms with Crippen molar-refractivity contribution in [3.63, 3.8) is 0 Å². The number of para-hydroxylation sites is 1. The molecule has 0 aromatic heterocycles. The lowest BCUT2D eigenvalue weighted by Crippen LogP contribution is -2.44. The summed E-state index contributed by atoms with van der Waals surface area (Å²) in [5.74, 6) is 0.902. The first kappa shape index (κ1) is 15.9. The SMILES string of the molecule is C=CCN1CC2=C(C1=O)[C@H](c1cccc(OC)c1OC)NC(=O)N2. The van der Waals surface area contributed by atoms with Gasteiger partial charge in [0.2, 0.25) is 0 Å². The zero-order valence-corrected chi connectivity index (χ0v) is 13.6. The van der Waals surface area contributed by atoms with Crippen molar-refractivity contribution in [2.75, 3.05) is 27.3 Å². The van der Waals surface area contributed by atoms with Gasteiger partial charge in [-0.15, -0.1) is 6.58 Å². The third-order valence-electron chi connectivity index (χ3n) is 4.11. The van der Waals surface area contributed by atoms with Crippen molar-refractivity contribution in [1.29, 1.82) is 0 Å². The van der Waals surface area contributed by atoms with Crippen LogP contribution in [0.3, 0.4) is 0 Å². The molecule has 0 spiro atoms. The molecule has 2 heterocycles. The minimum Gasteiger partial charge on any atom is -0.493 e. The van der Waals surface area contributed by atoms with E-state index >= 15 is 0 Å². The smallest absolute Gasteiger partial charge is 0.319 e. The lowest BCUT2D eigenvalue weighted by Gasteiger charge is -2.27. The molecule has 0 radical (unpaired) electrons. The molecule has 7 heteroatoms. The Labute approximate surface area is 139 Å². The molecular formula is C17H19N3O4. The fourth-order valence-electron chi connectivity index (χ4n) is 3.10. The molecule has 2 aliphatic heterocycles. The van der Waals surface area contributed by atoms with Crippen LogP contribution in [-0.4, -0.2) is 44.1 Å². The molecule has 0 saturated carbocycles. The van der Waals surface area contributed by atoms with Crippen LogP contribution in [0.1, 0.15) is 11.6 Å². The highest BCUT2D eigenvalue weighted by Crippen LogP contribution is 2.40. The summed E-state index contributed by atoms with van der Waals surface area (Å²) >= 11 is 0. The molecule has 3 amide bonds. The lowest BCUT2D eigenvalue weighted by molar-refractivity contribution is -0.125. The maximum absolute atomic E-state index is 12.7. The zero-order valence-electron chi connectivity index (χ0n) is 13.6. The van der Waals surface area contributed by atoms with E-state index in [0.717, 1.165) is 0 Å². The second-order valence-corrected chi connectivity index (χ2v) is 5.48. The number of carbonyl (C=O) groups is 2. The molecule has 1 aromatic carbocycles. The molecule has 7 nitrogen and oxygen atoms in total. The molecule has 24 heavy (non-hydrogen) atoms. The van der Waals surface area contributed by atoms with Gasteiger partial charge in [0, 0.05) is 12.1 Å².